The molecule has 0 N–H and O–H groups in total. The number of benzene rings is 2. The minimum Gasteiger partial charge on any atom is -0.423 e. The maximum Gasteiger partial charge on any atom is 0.336 e. The average molecular weight is 294 g/mol. The third-order valence-electron chi connectivity index (χ3n) is 3.37. The quantitative estimate of drug-likeness (QED) is 0.456. The van der Waals surface area contributed by atoms with Gasteiger partial charge in [0.25, 0.3) is 0 Å². The second kappa shape index (κ2) is 6.61. The predicted molar refractivity (Wildman–Crippen MR) is 91.0 cm³/mol. The third kappa shape index (κ3) is 4.32. The number of aryl methyl sites for hydroxylation is 1. The topological polar surface area (TPSA) is 26.3 Å². The lowest BCUT2D eigenvalue weighted by Crippen LogP contribution is -2.15. The van der Waals surface area contributed by atoms with Gasteiger partial charge in [0.15, 0.2) is 0 Å². The highest BCUT2D eigenvalue weighted by Crippen LogP contribution is 2.32. The molecule has 0 radical (unpaired) electrons. The van der Waals surface area contributed by atoms with E-state index < -0.39 is 0 Å². The van der Waals surface area contributed by atoms with Crippen LogP contribution >= 0.6 is 0 Å². The van der Waals surface area contributed by atoms with Crippen molar-refractivity contribution in [1.82, 2.24) is 0 Å². The maximum atomic E-state index is 12.0. The minimum absolute atomic E-state index is 0.0786. The highest BCUT2D eigenvalue weighted by atomic mass is 16.5. The zero-order valence-corrected chi connectivity index (χ0v) is 13.6. The van der Waals surface area contributed by atoms with Gasteiger partial charge in [0.2, 0.25) is 0 Å². The summed E-state index contributed by atoms with van der Waals surface area (Å²) in [7, 11) is 0. The molecule has 2 aromatic carbocycles. The van der Waals surface area contributed by atoms with Crippen molar-refractivity contribution >= 4 is 12.0 Å². The van der Waals surface area contributed by atoms with Crippen molar-refractivity contribution in [2.24, 2.45) is 0 Å². The molecule has 0 aliphatic carbocycles. The van der Waals surface area contributed by atoms with Crippen molar-refractivity contribution in [3.05, 3.63) is 71.3 Å². The van der Waals surface area contributed by atoms with Crippen molar-refractivity contribution in [3.63, 3.8) is 0 Å². The lowest BCUT2D eigenvalue weighted by atomic mass is 9.85. The van der Waals surface area contributed by atoms with Crippen LogP contribution in [0.2, 0.25) is 0 Å². The Labute approximate surface area is 132 Å². The normalized spacial score (nSPS) is 11.6. The molecule has 2 aromatic rings. The fraction of sp³-hybridized carbons (Fsp3) is 0.250. The number of carbonyl (C=O) groups excluding carboxylic acids is 1. The Bertz CT molecular complexity index is 677. The molecule has 114 valence electrons. The van der Waals surface area contributed by atoms with Crippen LogP contribution in [-0.2, 0) is 10.2 Å². The van der Waals surface area contributed by atoms with Gasteiger partial charge in [-0.3, -0.25) is 0 Å². The van der Waals surface area contributed by atoms with Gasteiger partial charge in [-0.05, 0) is 30.0 Å². The summed E-state index contributed by atoms with van der Waals surface area (Å²) >= 11 is 0. The number of rotatable bonds is 3. The van der Waals surface area contributed by atoms with Crippen molar-refractivity contribution < 1.29 is 9.53 Å². The summed E-state index contributed by atoms with van der Waals surface area (Å²) < 4.78 is 5.52. The zero-order valence-electron chi connectivity index (χ0n) is 13.6. The van der Waals surface area contributed by atoms with Crippen LogP contribution in [0.25, 0.3) is 6.08 Å². The molecule has 0 bridgehead atoms. The highest BCUT2D eigenvalue weighted by molar-refractivity contribution is 5.88. The largest absolute Gasteiger partial charge is 0.423 e. The van der Waals surface area contributed by atoms with Gasteiger partial charge >= 0.3 is 5.97 Å². The number of esters is 1. The van der Waals surface area contributed by atoms with E-state index in [-0.39, 0.29) is 11.4 Å². The maximum absolute atomic E-state index is 12.0. The predicted octanol–water partition coefficient (Wildman–Crippen LogP) is 4.91. The molecule has 0 spiro atoms. The van der Waals surface area contributed by atoms with Crippen molar-refractivity contribution in [1.29, 1.82) is 0 Å². The first-order chi connectivity index (χ1) is 10.4. The standard InChI is InChI=1S/C20H22O2/c1-15-10-12-18(17(14-15)20(2,3)4)22-19(21)13-11-16-8-6-5-7-9-16/h5-14H,1-4H3/b13-11+. The van der Waals surface area contributed by atoms with Crippen LogP contribution in [0, 0.1) is 6.92 Å². The molecule has 0 aromatic heterocycles. The second-order valence-corrected chi connectivity index (χ2v) is 6.41. The van der Waals surface area contributed by atoms with Gasteiger partial charge in [-0.2, -0.15) is 0 Å². The molecule has 0 aliphatic heterocycles. The summed E-state index contributed by atoms with van der Waals surface area (Å²) in [5.41, 5.74) is 3.09. The lowest BCUT2D eigenvalue weighted by Gasteiger charge is -2.22. The molecule has 0 aliphatic rings. The molecule has 0 amide bonds. The van der Waals surface area contributed by atoms with Gasteiger partial charge in [-0.25, -0.2) is 4.79 Å². The Morgan fingerprint density at radius 3 is 2.36 bits per heavy atom. The first-order valence-electron chi connectivity index (χ1n) is 7.42. The fourth-order valence-corrected chi connectivity index (χ4v) is 2.19. The number of ether oxygens (including phenoxy) is 1. The van der Waals surface area contributed by atoms with Gasteiger partial charge in [-0.15, -0.1) is 0 Å². The summed E-state index contributed by atoms with van der Waals surface area (Å²) in [6, 6.07) is 15.6. The van der Waals surface area contributed by atoms with Crippen LogP contribution in [0.5, 0.6) is 5.75 Å². The van der Waals surface area contributed by atoms with Crippen LogP contribution in [0.1, 0.15) is 37.5 Å². The van der Waals surface area contributed by atoms with Gasteiger partial charge in [0.1, 0.15) is 5.75 Å². The molecule has 2 rings (SSSR count). The minimum atomic E-state index is -0.363. The summed E-state index contributed by atoms with van der Waals surface area (Å²) in [5, 5.41) is 0. The van der Waals surface area contributed by atoms with E-state index in [2.05, 4.69) is 26.8 Å². The molecule has 0 heterocycles. The van der Waals surface area contributed by atoms with E-state index in [1.54, 1.807) is 6.08 Å². The Balaban J connectivity index is 2.17. The van der Waals surface area contributed by atoms with E-state index in [0.29, 0.717) is 5.75 Å². The van der Waals surface area contributed by atoms with E-state index in [1.807, 2.05) is 49.4 Å². The van der Waals surface area contributed by atoms with E-state index in [0.717, 1.165) is 16.7 Å². The molecule has 0 saturated heterocycles. The van der Waals surface area contributed by atoms with Crippen LogP contribution < -0.4 is 4.74 Å². The summed E-state index contributed by atoms with van der Waals surface area (Å²) in [6.45, 7) is 8.37. The third-order valence-corrected chi connectivity index (χ3v) is 3.37. The Morgan fingerprint density at radius 1 is 1.05 bits per heavy atom. The van der Waals surface area contributed by atoms with Crippen LogP contribution in [0.3, 0.4) is 0 Å². The number of carbonyl (C=O) groups is 1. The summed E-state index contributed by atoms with van der Waals surface area (Å²) in [6.07, 6.45) is 3.22. The van der Waals surface area contributed by atoms with Gasteiger partial charge in [0.05, 0.1) is 0 Å². The van der Waals surface area contributed by atoms with Gasteiger partial charge < -0.3 is 4.74 Å². The van der Waals surface area contributed by atoms with Crippen LogP contribution in [0.15, 0.2) is 54.6 Å². The van der Waals surface area contributed by atoms with E-state index in [9.17, 15) is 4.79 Å². The summed E-state index contributed by atoms with van der Waals surface area (Å²) in [5.74, 6) is 0.263. The highest BCUT2D eigenvalue weighted by Gasteiger charge is 2.20. The summed E-state index contributed by atoms with van der Waals surface area (Å²) in [4.78, 5) is 12.0. The molecular formula is C20H22O2. The van der Waals surface area contributed by atoms with Crippen molar-refractivity contribution in [3.8, 4) is 5.75 Å². The Kier molecular flexibility index (Phi) is 4.81. The van der Waals surface area contributed by atoms with E-state index >= 15 is 0 Å². The van der Waals surface area contributed by atoms with Crippen LogP contribution in [-0.4, -0.2) is 5.97 Å². The first kappa shape index (κ1) is 16.0. The zero-order chi connectivity index (χ0) is 16.2. The average Bonchev–Trinajstić information content (AvgIpc) is 2.47. The number of hydrogen-bond acceptors (Lipinski definition) is 2. The molecular weight excluding hydrogens is 272 g/mol. The van der Waals surface area contributed by atoms with Crippen molar-refractivity contribution in [2.75, 3.05) is 0 Å². The van der Waals surface area contributed by atoms with E-state index in [4.69, 9.17) is 4.74 Å². The molecule has 0 atom stereocenters. The van der Waals surface area contributed by atoms with Crippen molar-refractivity contribution in [2.45, 2.75) is 33.1 Å². The smallest absolute Gasteiger partial charge is 0.336 e. The lowest BCUT2D eigenvalue weighted by molar-refractivity contribution is -0.128. The van der Waals surface area contributed by atoms with Crippen LogP contribution in [0.4, 0.5) is 0 Å². The SMILES string of the molecule is Cc1ccc(OC(=O)/C=C/c2ccccc2)c(C(C)(C)C)c1. The molecule has 2 heteroatoms. The number of hydrogen-bond donors (Lipinski definition) is 0. The second-order valence-electron chi connectivity index (χ2n) is 6.41. The molecule has 0 unspecified atom stereocenters. The Morgan fingerprint density at radius 2 is 1.73 bits per heavy atom. The molecule has 0 fully saturated rings. The van der Waals surface area contributed by atoms with Gasteiger partial charge in [-0.1, -0.05) is 68.8 Å². The molecule has 2 nitrogen and oxygen atoms in total. The fourth-order valence-electron chi connectivity index (χ4n) is 2.19. The molecule has 22 heavy (non-hydrogen) atoms. The van der Waals surface area contributed by atoms with Gasteiger partial charge in [0, 0.05) is 11.6 Å². The molecule has 0 saturated carbocycles. The monoisotopic (exact) mass is 294 g/mol. The first-order valence-corrected chi connectivity index (χ1v) is 7.42. The Hall–Kier alpha value is -2.35. The van der Waals surface area contributed by atoms with E-state index in [1.165, 1.54) is 6.08 Å².